The summed E-state index contributed by atoms with van der Waals surface area (Å²) in [5, 5.41) is 10.7. The molecule has 1 atom stereocenters. The van der Waals surface area contributed by atoms with Crippen LogP contribution in [-0.4, -0.2) is 41.3 Å². The van der Waals surface area contributed by atoms with E-state index in [9.17, 15) is 9.65 Å². The predicted octanol–water partition coefficient (Wildman–Crippen LogP) is 4.14. The Balaban J connectivity index is 1.46. The zero-order valence-corrected chi connectivity index (χ0v) is 20.1. The molecule has 36 heavy (non-hydrogen) atoms. The van der Waals surface area contributed by atoms with E-state index in [-0.39, 0.29) is 56.1 Å². The van der Waals surface area contributed by atoms with Gasteiger partial charge in [0, 0.05) is 41.0 Å². The number of halogens is 2. The summed E-state index contributed by atoms with van der Waals surface area (Å²) in [6, 6.07) is 2.03. The number of hydrogen-bond donors (Lipinski definition) is 1. The number of nitrogens with zero attached hydrogens (tertiary/aromatic N) is 5. The summed E-state index contributed by atoms with van der Waals surface area (Å²) in [6.45, 7) is 5.55. The van der Waals surface area contributed by atoms with Crippen LogP contribution in [0.3, 0.4) is 0 Å². The van der Waals surface area contributed by atoms with E-state index < -0.39 is 11.6 Å². The molecule has 0 bridgehead atoms. The zero-order valence-electron chi connectivity index (χ0n) is 19.3. The van der Waals surface area contributed by atoms with Gasteiger partial charge in [0.2, 0.25) is 5.95 Å². The fourth-order valence-corrected chi connectivity index (χ4v) is 6.63. The van der Waals surface area contributed by atoms with E-state index in [0.29, 0.717) is 36.0 Å². The maximum Gasteiger partial charge on any atom is 0.226 e. The molecule has 0 saturated carbocycles. The molecule has 3 aliphatic heterocycles. The van der Waals surface area contributed by atoms with Crippen molar-refractivity contribution in [3.05, 3.63) is 40.7 Å². The first-order chi connectivity index (χ1) is 17.4. The number of hydrogen-bond acceptors (Lipinski definition) is 9. The van der Waals surface area contributed by atoms with Crippen LogP contribution in [0, 0.1) is 34.3 Å². The Morgan fingerprint density at radius 1 is 1.19 bits per heavy atom. The molecule has 1 aromatic carbocycles. The Labute approximate surface area is 208 Å². The number of benzene rings is 1. The second kappa shape index (κ2) is 7.52. The highest BCUT2D eigenvalue weighted by atomic mass is 32.1. The lowest BCUT2D eigenvalue weighted by Crippen LogP contribution is -2.48. The molecule has 1 spiro atoms. The third-order valence-corrected chi connectivity index (χ3v) is 8.87. The molecule has 0 radical (unpaired) electrons. The summed E-state index contributed by atoms with van der Waals surface area (Å²) in [7, 11) is 0. The third-order valence-electron chi connectivity index (χ3n) is 7.84. The number of rotatable bonds is 2. The van der Waals surface area contributed by atoms with Crippen LogP contribution in [0.1, 0.15) is 23.6 Å². The van der Waals surface area contributed by atoms with Crippen LogP contribution in [0.2, 0.25) is 0 Å². The predicted molar refractivity (Wildman–Crippen MR) is 130 cm³/mol. The molecule has 8 nitrogen and oxygen atoms in total. The van der Waals surface area contributed by atoms with Crippen molar-refractivity contribution >= 4 is 43.3 Å². The average molecular weight is 507 g/mol. The summed E-state index contributed by atoms with van der Waals surface area (Å²) in [5.41, 5.74) is 8.04. The Morgan fingerprint density at radius 3 is 2.72 bits per heavy atom. The Bertz CT molecular complexity index is 1640. The Hall–Kier alpha value is -3.46. The van der Waals surface area contributed by atoms with Gasteiger partial charge in [-0.2, -0.15) is 5.26 Å². The van der Waals surface area contributed by atoms with Crippen LogP contribution in [0.5, 0.6) is 0 Å². The van der Waals surface area contributed by atoms with Crippen LogP contribution < -0.4 is 10.6 Å². The number of nitrogens with two attached hydrogens (primary N) is 1. The average Bonchev–Trinajstić information content (AvgIpc) is 3.55. The number of fused-ring (bicyclic) bond motifs is 4. The highest BCUT2D eigenvalue weighted by Crippen LogP contribution is 2.46. The van der Waals surface area contributed by atoms with Crippen molar-refractivity contribution < 1.29 is 18.3 Å². The molecular weight excluding hydrogens is 486 g/mol. The molecule has 0 aliphatic carbocycles. The number of thiophene rings is 1. The van der Waals surface area contributed by atoms with Gasteiger partial charge >= 0.3 is 0 Å². The van der Waals surface area contributed by atoms with Gasteiger partial charge in [0.15, 0.2) is 11.6 Å². The molecule has 11 heteroatoms. The minimum absolute atomic E-state index is 0.0873. The van der Waals surface area contributed by atoms with Gasteiger partial charge in [-0.25, -0.2) is 18.7 Å². The van der Waals surface area contributed by atoms with Gasteiger partial charge in [0.25, 0.3) is 0 Å². The molecule has 182 valence electrons. The van der Waals surface area contributed by atoms with E-state index in [1.165, 1.54) is 0 Å². The second-order valence-corrected chi connectivity index (χ2v) is 10.9. The fourth-order valence-electron chi connectivity index (χ4n) is 5.71. The zero-order chi connectivity index (χ0) is 24.8. The summed E-state index contributed by atoms with van der Waals surface area (Å²) >= 11 is 0.952. The monoisotopic (exact) mass is 506 g/mol. The molecule has 1 unspecified atom stereocenters. The number of nitrogen functional groups attached to an aromatic ring is 1. The molecule has 0 amide bonds. The van der Waals surface area contributed by atoms with E-state index in [1.54, 1.807) is 6.20 Å². The first kappa shape index (κ1) is 21.8. The maximum absolute atomic E-state index is 16.4. The highest BCUT2D eigenvalue weighted by Gasteiger charge is 2.50. The molecule has 6 heterocycles. The Morgan fingerprint density at radius 2 is 2.00 bits per heavy atom. The standard InChI is InChI=1S/C25H20F2N6O2S/c1-11-5-33(8-25(11)9-35-10-25)24-31-3-13-14-6-34-7-15(14)17(19(27)20(13)32-24)21-18-12(2-28)23(29)36-22(18)16(26)4-30-21/h3-4,11H,5-10,29H2,1H3. The quantitative estimate of drug-likeness (QED) is 0.432. The molecule has 3 aliphatic rings. The van der Waals surface area contributed by atoms with Gasteiger partial charge in [-0.15, -0.1) is 11.3 Å². The normalized spacial score (nSPS) is 20.3. The van der Waals surface area contributed by atoms with E-state index in [4.69, 9.17) is 15.2 Å². The van der Waals surface area contributed by atoms with Gasteiger partial charge in [-0.1, -0.05) is 6.92 Å². The molecular formula is C25H20F2N6O2S. The number of anilines is 2. The number of aromatic nitrogens is 3. The molecule has 2 saturated heterocycles. The lowest BCUT2D eigenvalue weighted by atomic mass is 9.77. The van der Waals surface area contributed by atoms with E-state index in [1.807, 2.05) is 6.07 Å². The molecule has 3 aromatic heterocycles. The largest absolute Gasteiger partial charge is 0.389 e. The minimum atomic E-state index is -0.609. The summed E-state index contributed by atoms with van der Waals surface area (Å²) in [4.78, 5) is 15.6. The van der Waals surface area contributed by atoms with Crippen molar-refractivity contribution in [3.63, 3.8) is 0 Å². The molecule has 2 N–H and O–H groups in total. The fraction of sp³-hybridized carbons (Fsp3) is 0.360. The van der Waals surface area contributed by atoms with Crippen LogP contribution in [-0.2, 0) is 22.7 Å². The Kier molecular flexibility index (Phi) is 4.55. The maximum atomic E-state index is 16.4. The molecule has 4 aromatic rings. The topological polar surface area (TPSA) is 110 Å². The van der Waals surface area contributed by atoms with Gasteiger partial charge in [0.05, 0.1) is 48.6 Å². The van der Waals surface area contributed by atoms with Crippen LogP contribution >= 0.6 is 11.3 Å². The molecule has 7 rings (SSSR count). The van der Waals surface area contributed by atoms with Crippen LogP contribution in [0.4, 0.5) is 19.7 Å². The number of ether oxygens (including phenoxy) is 2. The first-order valence-electron chi connectivity index (χ1n) is 11.6. The van der Waals surface area contributed by atoms with Gasteiger partial charge in [0.1, 0.15) is 16.6 Å². The van der Waals surface area contributed by atoms with Gasteiger partial charge < -0.3 is 20.1 Å². The van der Waals surface area contributed by atoms with Crippen molar-refractivity contribution in [1.29, 1.82) is 5.26 Å². The lowest BCUT2D eigenvalue weighted by Gasteiger charge is -2.40. The molecule has 2 fully saturated rings. The van der Waals surface area contributed by atoms with E-state index in [2.05, 4.69) is 26.8 Å². The smallest absolute Gasteiger partial charge is 0.226 e. The second-order valence-electron chi connectivity index (χ2n) is 9.82. The summed E-state index contributed by atoms with van der Waals surface area (Å²) in [5.74, 6) is -0.343. The van der Waals surface area contributed by atoms with Gasteiger partial charge in [-0.3, -0.25) is 4.98 Å². The van der Waals surface area contributed by atoms with Crippen molar-refractivity contribution in [2.75, 3.05) is 36.9 Å². The van der Waals surface area contributed by atoms with Crippen LogP contribution in [0.25, 0.3) is 32.2 Å². The number of pyridine rings is 1. The van der Waals surface area contributed by atoms with Crippen molar-refractivity contribution in [3.8, 4) is 17.3 Å². The van der Waals surface area contributed by atoms with Gasteiger partial charge in [-0.05, 0) is 17.0 Å². The van der Waals surface area contributed by atoms with Crippen molar-refractivity contribution in [2.45, 2.75) is 20.1 Å². The summed E-state index contributed by atoms with van der Waals surface area (Å²) in [6.07, 6.45) is 2.69. The van der Waals surface area contributed by atoms with Crippen molar-refractivity contribution in [2.24, 2.45) is 11.3 Å². The lowest BCUT2D eigenvalue weighted by molar-refractivity contribution is -0.120. The van der Waals surface area contributed by atoms with E-state index in [0.717, 1.165) is 36.2 Å². The first-order valence-corrected chi connectivity index (χ1v) is 12.4. The van der Waals surface area contributed by atoms with Crippen molar-refractivity contribution in [1.82, 2.24) is 15.0 Å². The van der Waals surface area contributed by atoms with Crippen LogP contribution in [0.15, 0.2) is 12.4 Å². The van der Waals surface area contributed by atoms with E-state index >= 15 is 4.39 Å². The third kappa shape index (κ3) is 2.80. The highest BCUT2D eigenvalue weighted by molar-refractivity contribution is 7.23. The summed E-state index contributed by atoms with van der Waals surface area (Å²) < 4.78 is 42.4. The SMILES string of the molecule is CC1CN(c2ncc3c4c(c(-c5ncc(F)c6sc(N)c(C#N)c56)c(F)c3n2)COC4)CC12COC2. The minimum Gasteiger partial charge on any atom is -0.389 e. The number of nitriles is 1.